The zero-order valence-electron chi connectivity index (χ0n) is 14.9. The maximum absolute atomic E-state index is 12.2. The maximum Gasteiger partial charge on any atom is 0.410 e. The highest BCUT2D eigenvalue weighted by Gasteiger charge is 2.32. The van der Waals surface area contributed by atoms with E-state index in [-0.39, 0.29) is 24.2 Å². The van der Waals surface area contributed by atoms with Gasteiger partial charge in [0.2, 0.25) is 0 Å². The van der Waals surface area contributed by atoms with Crippen LogP contribution in [0, 0.1) is 5.41 Å². The number of likely N-dealkylation sites (tertiary alicyclic amines) is 1. The van der Waals surface area contributed by atoms with Crippen LogP contribution in [0.15, 0.2) is 0 Å². The first-order chi connectivity index (χ1) is 10.3. The van der Waals surface area contributed by atoms with Crippen molar-refractivity contribution in [2.45, 2.75) is 71.9 Å². The van der Waals surface area contributed by atoms with Crippen molar-refractivity contribution in [3.8, 4) is 0 Å². The lowest BCUT2D eigenvalue weighted by Crippen LogP contribution is -2.46. The second-order valence-corrected chi connectivity index (χ2v) is 7.47. The standard InChI is InChI=1S/C17H34N2O3/c1-6-17(7-2,13-20)12-18-11-14-9-8-10-19(14)15(21)22-16(3,4)5/h14,18,20H,6-13H2,1-5H3. The molecule has 2 N–H and O–H groups in total. The van der Waals surface area contributed by atoms with Crippen molar-refractivity contribution >= 4 is 6.09 Å². The molecule has 130 valence electrons. The van der Waals surface area contributed by atoms with Gasteiger partial charge in [-0.05, 0) is 46.5 Å². The lowest BCUT2D eigenvalue weighted by molar-refractivity contribution is 0.0222. The van der Waals surface area contributed by atoms with Crippen molar-refractivity contribution < 1.29 is 14.6 Å². The SMILES string of the molecule is CCC(CC)(CO)CNCC1CCCN1C(=O)OC(C)(C)C. The number of nitrogens with one attached hydrogen (secondary N) is 1. The van der Waals surface area contributed by atoms with E-state index in [1.165, 1.54) is 0 Å². The Morgan fingerprint density at radius 2 is 1.95 bits per heavy atom. The van der Waals surface area contributed by atoms with Gasteiger partial charge in [-0.1, -0.05) is 13.8 Å². The smallest absolute Gasteiger partial charge is 0.410 e. The molecule has 1 unspecified atom stereocenters. The van der Waals surface area contributed by atoms with Crippen LogP contribution < -0.4 is 5.32 Å². The third kappa shape index (κ3) is 5.43. The molecule has 5 heteroatoms. The molecule has 1 heterocycles. The highest BCUT2D eigenvalue weighted by Crippen LogP contribution is 2.25. The topological polar surface area (TPSA) is 61.8 Å². The third-order valence-corrected chi connectivity index (χ3v) is 4.72. The van der Waals surface area contributed by atoms with E-state index in [0.717, 1.165) is 45.3 Å². The minimum atomic E-state index is -0.450. The number of aliphatic hydroxyl groups is 1. The molecular formula is C17H34N2O3. The summed E-state index contributed by atoms with van der Waals surface area (Å²) in [7, 11) is 0. The van der Waals surface area contributed by atoms with Gasteiger partial charge in [-0.2, -0.15) is 0 Å². The van der Waals surface area contributed by atoms with E-state index in [9.17, 15) is 9.90 Å². The maximum atomic E-state index is 12.2. The van der Waals surface area contributed by atoms with E-state index >= 15 is 0 Å². The monoisotopic (exact) mass is 314 g/mol. The summed E-state index contributed by atoms with van der Waals surface area (Å²) in [6, 6.07) is 0.194. The molecule has 1 saturated heterocycles. The molecule has 0 aliphatic carbocycles. The summed E-state index contributed by atoms with van der Waals surface area (Å²) < 4.78 is 5.48. The van der Waals surface area contributed by atoms with Crippen molar-refractivity contribution in [2.75, 3.05) is 26.2 Å². The number of hydrogen-bond acceptors (Lipinski definition) is 4. The molecule has 1 fully saturated rings. The molecule has 1 amide bonds. The molecule has 0 aromatic rings. The van der Waals surface area contributed by atoms with Crippen LogP contribution in [0.5, 0.6) is 0 Å². The molecule has 1 atom stereocenters. The van der Waals surface area contributed by atoms with Crippen LogP contribution >= 0.6 is 0 Å². The molecule has 0 aromatic carbocycles. The molecule has 0 saturated carbocycles. The molecule has 22 heavy (non-hydrogen) atoms. The normalized spacial score (nSPS) is 19.5. The number of aliphatic hydroxyl groups excluding tert-OH is 1. The van der Waals surface area contributed by atoms with Crippen LogP contribution in [0.25, 0.3) is 0 Å². The summed E-state index contributed by atoms with van der Waals surface area (Å²) in [6.07, 6.45) is 3.73. The minimum absolute atomic E-state index is 0.0463. The number of nitrogens with zero attached hydrogens (tertiary/aromatic N) is 1. The Balaban J connectivity index is 2.49. The molecule has 0 spiro atoms. The van der Waals surface area contributed by atoms with Crippen molar-refractivity contribution in [3.05, 3.63) is 0 Å². The summed E-state index contributed by atoms with van der Waals surface area (Å²) in [5.74, 6) is 0. The van der Waals surface area contributed by atoms with Gasteiger partial charge < -0.3 is 20.1 Å². The van der Waals surface area contributed by atoms with Crippen LogP contribution in [0.4, 0.5) is 4.79 Å². The fraction of sp³-hybridized carbons (Fsp3) is 0.941. The van der Waals surface area contributed by atoms with E-state index in [2.05, 4.69) is 19.2 Å². The summed E-state index contributed by atoms with van der Waals surface area (Å²) in [5.41, 5.74) is -0.497. The Kier molecular flexibility index (Phi) is 7.13. The summed E-state index contributed by atoms with van der Waals surface area (Å²) in [6.45, 7) is 12.4. The minimum Gasteiger partial charge on any atom is -0.444 e. The molecule has 1 aliphatic heterocycles. The fourth-order valence-electron chi connectivity index (χ4n) is 2.89. The van der Waals surface area contributed by atoms with Crippen LogP contribution in [0.1, 0.15) is 60.3 Å². The molecule has 1 rings (SSSR count). The van der Waals surface area contributed by atoms with Crippen LogP contribution in [0.2, 0.25) is 0 Å². The number of amides is 1. The van der Waals surface area contributed by atoms with E-state index in [1.807, 2.05) is 25.7 Å². The molecule has 0 aromatic heterocycles. The van der Waals surface area contributed by atoms with Gasteiger partial charge in [0.05, 0.1) is 0 Å². The average Bonchev–Trinajstić information content (AvgIpc) is 2.91. The van der Waals surface area contributed by atoms with Crippen LogP contribution in [-0.4, -0.2) is 54.0 Å². The first-order valence-corrected chi connectivity index (χ1v) is 8.58. The fourth-order valence-corrected chi connectivity index (χ4v) is 2.89. The highest BCUT2D eigenvalue weighted by molar-refractivity contribution is 5.69. The second-order valence-electron chi connectivity index (χ2n) is 7.47. The van der Waals surface area contributed by atoms with Gasteiger partial charge in [-0.3, -0.25) is 0 Å². The Morgan fingerprint density at radius 3 is 2.45 bits per heavy atom. The van der Waals surface area contributed by atoms with E-state index < -0.39 is 5.60 Å². The predicted molar refractivity (Wildman–Crippen MR) is 88.9 cm³/mol. The average molecular weight is 314 g/mol. The number of ether oxygens (including phenoxy) is 1. The van der Waals surface area contributed by atoms with Gasteiger partial charge >= 0.3 is 6.09 Å². The van der Waals surface area contributed by atoms with Crippen molar-refractivity contribution in [1.82, 2.24) is 10.2 Å². The Labute approximate surface area is 135 Å². The van der Waals surface area contributed by atoms with Gasteiger partial charge in [0.25, 0.3) is 0 Å². The number of carbonyl (C=O) groups excluding carboxylic acids is 1. The summed E-state index contributed by atoms with van der Waals surface area (Å²) in [5, 5.41) is 13.1. The van der Waals surface area contributed by atoms with Crippen molar-refractivity contribution in [1.29, 1.82) is 0 Å². The zero-order chi connectivity index (χ0) is 16.8. The van der Waals surface area contributed by atoms with Gasteiger partial charge in [0.1, 0.15) is 5.60 Å². The van der Waals surface area contributed by atoms with E-state index in [1.54, 1.807) is 0 Å². The quantitative estimate of drug-likeness (QED) is 0.758. The van der Waals surface area contributed by atoms with Gasteiger partial charge in [0, 0.05) is 37.7 Å². The van der Waals surface area contributed by atoms with Crippen molar-refractivity contribution in [2.24, 2.45) is 5.41 Å². The Bertz CT molecular complexity index is 340. The molecule has 0 radical (unpaired) electrons. The summed E-state index contributed by atoms with van der Waals surface area (Å²) in [4.78, 5) is 14.1. The first kappa shape index (κ1) is 19.2. The predicted octanol–water partition coefficient (Wildman–Crippen LogP) is 2.77. The molecular weight excluding hydrogens is 280 g/mol. The van der Waals surface area contributed by atoms with Crippen LogP contribution in [0.3, 0.4) is 0 Å². The van der Waals surface area contributed by atoms with Gasteiger partial charge in [-0.25, -0.2) is 4.79 Å². The number of rotatable bonds is 7. The first-order valence-electron chi connectivity index (χ1n) is 8.58. The second kappa shape index (κ2) is 8.16. The van der Waals surface area contributed by atoms with E-state index in [4.69, 9.17) is 4.74 Å². The highest BCUT2D eigenvalue weighted by atomic mass is 16.6. The van der Waals surface area contributed by atoms with Gasteiger partial charge in [-0.15, -0.1) is 0 Å². The molecule has 0 bridgehead atoms. The third-order valence-electron chi connectivity index (χ3n) is 4.72. The summed E-state index contributed by atoms with van der Waals surface area (Å²) >= 11 is 0. The lowest BCUT2D eigenvalue weighted by Gasteiger charge is -2.32. The lowest BCUT2D eigenvalue weighted by atomic mass is 9.83. The number of carbonyl (C=O) groups is 1. The Hall–Kier alpha value is -0.810. The molecule has 5 nitrogen and oxygen atoms in total. The van der Waals surface area contributed by atoms with Crippen LogP contribution in [-0.2, 0) is 4.74 Å². The number of hydrogen-bond donors (Lipinski definition) is 2. The Morgan fingerprint density at radius 1 is 1.32 bits per heavy atom. The van der Waals surface area contributed by atoms with Gasteiger partial charge in [0.15, 0.2) is 0 Å². The van der Waals surface area contributed by atoms with Crippen molar-refractivity contribution in [3.63, 3.8) is 0 Å². The largest absolute Gasteiger partial charge is 0.444 e. The zero-order valence-corrected chi connectivity index (χ0v) is 14.9. The molecule has 1 aliphatic rings. The van der Waals surface area contributed by atoms with E-state index in [0.29, 0.717) is 0 Å².